The maximum Gasteiger partial charge on any atom is 0.327 e. The number of hydrogen-bond acceptors (Lipinski definition) is 4. The second kappa shape index (κ2) is 6.87. The Morgan fingerprint density at radius 3 is 2.38 bits per heavy atom. The maximum absolute atomic E-state index is 12.4. The smallest absolute Gasteiger partial charge is 0.327 e. The molecular formula is C19H19N3O4. The molecule has 0 unspecified atom stereocenters. The quantitative estimate of drug-likeness (QED) is 0.485. The molecule has 3 N–H and O–H groups in total. The summed E-state index contributed by atoms with van der Waals surface area (Å²) in [5.74, 6) is -2.33. The Bertz CT molecular complexity index is 1020. The van der Waals surface area contributed by atoms with Crippen LogP contribution < -0.4 is 16.2 Å². The molecular weight excluding hydrogens is 334 g/mol. The molecule has 0 radical (unpaired) electrons. The number of rotatable bonds is 2. The molecule has 0 saturated heterocycles. The number of hydrogen-bond donors (Lipinski definition) is 3. The van der Waals surface area contributed by atoms with Gasteiger partial charge in [-0.3, -0.25) is 25.2 Å². The van der Waals surface area contributed by atoms with E-state index < -0.39 is 17.7 Å². The molecule has 3 aromatic rings. The number of carbonyl (C=O) groups excluding carboxylic acids is 3. The minimum atomic E-state index is -0.953. The van der Waals surface area contributed by atoms with Gasteiger partial charge in [0.2, 0.25) is 0 Å². The van der Waals surface area contributed by atoms with Crippen molar-refractivity contribution in [3.05, 3.63) is 47.7 Å². The Labute approximate surface area is 149 Å². The molecule has 3 rings (SSSR count). The van der Waals surface area contributed by atoms with Crippen LogP contribution in [0.2, 0.25) is 0 Å². The molecule has 2 aromatic carbocycles. The van der Waals surface area contributed by atoms with Crippen molar-refractivity contribution in [3.63, 3.8) is 0 Å². The number of amides is 3. The van der Waals surface area contributed by atoms with Crippen LogP contribution in [-0.2, 0) is 9.59 Å². The number of hydrazine groups is 1. The highest BCUT2D eigenvalue weighted by Gasteiger charge is 2.21. The van der Waals surface area contributed by atoms with Gasteiger partial charge in [0, 0.05) is 22.4 Å². The van der Waals surface area contributed by atoms with Gasteiger partial charge < -0.3 is 9.73 Å². The average Bonchev–Trinajstić information content (AvgIpc) is 2.96. The van der Waals surface area contributed by atoms with Crippen molar-refractivity contribution in [3.8, 4) is 0 Å². The number of furan rings is 1. The summed E-state index contributed by atoms with van der Waals surface area (Å²) >= 11 is 0. The molecule has 0 fully saturated rings. The highest BCUT2D eigenvalue weighted by Crippen LogP contribution is 2.31. The molecule has 0 bridgehead atoms. The second-order valence-corrected chi connectivity index (χ2v) is 6.26. The Balaban J connectivity index is 1.83. The van der Waals surface area contributed by atoms with Gasteiger partial charge in [-0.05, 0) is 26.2 Å². The molecule has 0 saturated carbocycles. The summed E-state index contributed by atoms with van der Waals surface area (Å²) < 4.78 is 5.77. The first-order valence-corrected chi connectivity index (χ1v) is 8.20. The van der Waals surface area contributed by atoms with Gasteiger partial charge in [-0.15, -0.1) is 0 Å². The monoisotopic (exact) mass is 353 g/mol. The number of benzene rings is 2. The second-order valence-electron chi connectivity index (χ2n) is 6.26. The summed E-state index contributed by atoms with van der Waals surface area (Å²) in [4.78, 5) is 35.6. The van der Waals surface area contributed by atoms with Gasteiger partial charge in [0.05, 0.1) is 0 Å². The SMILES string of the molecule is Cc1c(C(=O)NNC(=O)C(=O)NC(C)C)oc2c1ccc1ccccc12. The van der Waals surface area contributed by atoms with Crippen molar-refractivity contribution >= 4 is 39.5 Å². The lowest BCUT2D eigenvalue weighted by molar-refractivity contribution is -0.139. The fourth-order valence-electron chi connectivity index (χ4n) is 2.72. The van der Waals surface area contributed by atoms with Crippen molar-refractivity contribution in [2.24, 2.45) is 0 Å². The Kier molecular flexibility index (Phi) is 4.62. The fraction of sp³-hybridized carbons (Fsp3) is 0.211. The molecule has 1 heterocycles. The minimum absolute atomic E-state index is 0.0842. The summed E-state index contributed by atoms with van der Waals surface area (Å²) in [5.41, 5.74) is 5.56. The summed E-state index contributed by atoms with van der Waals surface area (Å²) in [6.45, 7) is 5.22. The van der Waals surface area contributed by atoms with Gasteiger partial charge in [0.15, 0.2) is 5.76 Å². The molecule has 0 spiro atoms. The van der Waals surface area contributed by atoms with E-state index in [0.717, 1.165) is 16.2 Å². The third-order valence-electron chi connectivity index (χ3n) is 3.95. The summed E-state index contributed by atoms with van der Waals surface area (Å²) in [6.07, 6.45) is 0. The lowest BCUT2D eigenvalue weighted by atomic mass is 10.1. The van der Waals surface area contributed by atoms with Crippen LogP contribution >= 0.6 is 0 Å². The highest BCUT2D eigenvalue weighted by atomic mass is 16.3. The van der Waals surface area contributed by atoms with Crippen molar-refractivity contribution < 1.29 is 18.8 Å². The molecule has 7 nitrogen and oxygen atoms in total. The third-order valence-corrected chi connectivity index (χ3v) is 3.95. The summed E-state index contributed by atoms with van der Waals surface area (Å²) in [7, 11) is 0. The van der Waals surface area contributed by atoms with Crippen LogP contribution in [0.5, 0.6) is 0 Å². The van der Waals surface area contributed by atoms with Crippen molar-refractivity contribution in [1.82, 2.24) is 16.2 Å². The highest BCUT2D eigenvalue weighted by molar-refractivity contribution is 6.35. The number of fused-ring (bicyclic) bond motifs is 3. The normalized spacial score (nSPS) is 10.9. The van der Waals surface area contributed by atoms with Gasteiger partial charge in [0.25, 0.3) is 0 Å². The predicted molar refractivity (Wildman–Crippen MR) is 97.3 cm³/mol. The number of carbonyl (C=O) groups is 3. The van der Waals surface area contributed by atoms with E-state index in [1.807, 2.05) is 36.4 Å². The standard InChI is InChI=1S/C19H19N3O4/c1-10(2)20-18(24)19(25)22-21-17(23)15-11(3)13-9-8-12-6-4-5-7-14(12)16(13)26-15/h4-10H,1-3H3,(H,20,24)(H,21,23)(H,22,25). The van der Waals surface area contributed by atoms with Crippen molar-refractivity contribution in [2.75, 3.05) is 0 Å². The van der Waals surface area contributed by atoms with E-state index in [1.165, 1.54) is 0 Å². The van der Waals surface area contributed by atoms with Crippen LogP contribution in [0.3, 0.4) is 0 Å². The Morgan fingerprint density at radius 1 is 0.923 bits per heavy atom. The number of aryl methyl sites for hydroxylation is 1. The van der Waals surface area contributed by atoms with Crippen LogP contribution in [0.15, 0.2) is 40.8 Å². The van der Waals surface area contributed by atoms with E-state index in [2.05, 4.69) is 16.2 Å². The first-order valence-electron chi connectivity index (χ1n) is 8.20. The first kappa shape index (κ1) is 17.5. The van der Waals surface area contributed by atoms with Crippen LogP contribution in [0.1, 0.15) is 30.0 Å². The Hall–Kier alpha value is -3.35. The summed E-state index contributed by atoms with van der Waals surface area (Å²) in [5, 5.41) is 5.15. The van der Waals surface area contributed by atoms with Crippen LogP contribution in [0.25, 0.3) is 21.7 Å². The van der Waals surface area contributed by atoms with E-state index in [0.29, 0.717) is 11.1 Å². The van der Waals surface area contributed by atoms with E-state index >= 15 is 0 Å². The van der Waals surface area contributed by atoms with Crippen molar-refractivity contribution in [2.45, 2.75) is 26.8 Å². The minimum Gasteiger partial charge on any atom is -0.450 e. The predicted octanol–water partition coefficient (Wildman–Crippen LogP) is 2.18. The molecule has 7 heteroatoms. The molecule has 0 aliphatic rings. The van der Waals surface area contributed by atoms with Gasteiger partial charge in [-0.1, -0.05) is 36.4 Å². The topological polar surface area (TPSA) is 100 Å². The zero-order chi connectivity index (χ0) is 18.8. The molecule has 1 aromatic heterocycles. The van der Waals surface area contributed by atoms with E-state index in [4.69, 9.17) is 4.42 Å². The van der Waals surface area contributed by atoms with Gasteiger partial charge >= 0.3 is 17.7 Å². The molecule has 0 atom stereocenters. The molecule has 0 aliphatic heterocycles. The molecule has 134 valence electrons. The fourth-order valence-corrected chi connectivity index (χ4v) is 2.72. The number of nitrogens with one attached hydrogen (secondary N) is 3. The zero-order valence-electron chi connectivity index (χ0n) is 14.7. The average molecular weight is 353 g/mol. The zero-order valence-corrected chi connectivity index (χ0v) is 14.7. The third kappa shape index (κ3) is 3.23. The van der Waals surface area contributed by atoms with Crippen molar-refractivity contribution in [1.29, 1.82) is 0 Å². The van der Waals surface area contributed by atoms with Gasteiger partial charge in [-0.25, -0.2) is 0 Å². The van der Waals surface area contributed by atoms with E-state index in [9.17, 15) is 14.4 Å². The largest absolute Gasteiger partial charge is 0.450 e. The van der Waals surface area contributed by atoms with E-state index in [1.54, 1.807) is 20.8 Å². The maximum atomic E-state index is 12.4. The lowest BCUT2D eigenvalue weighted by Gasteiger charge is -2.09. The molecule has 0 aliphatic carbocycles. The van der Waals surface area contributed by atoms with Gasteiger partial charge in [0.1, 0.15) is 5.58 Å². The summed E-state index contributed by atoms with van der Waals surface area (Å²) in [6, 6.07) is 11.4. The lowest BCUT2D eigenvalue weighted by Crippen LogP contribution is -2.49. The van der Waals surface area contributed by atoms with Gasteiger partial charge in [-0.2, -0.15) is 0 Å². The van der Waals surface area contributed by atoms with Crippen LogP contribution in [0, 0.1) is 6.92 Å². The molecule has 3 amide bonds. The van der Waals surface area contributed by atoms with Crippen LogP contribution in [-0.4, -0.2) is 23.8 Å². The van der Waals surface area contributed by atoms with E-state index in [-0.39, 0.29) is 11.8 Å². The van der Waals surface area contributed by atoms with Crippen LogP contribution in [0.4, 0.5) is 0 Å². The Morgan fingerprint density at radius 2 is 1.65 bits per heavy atom. The molecule has 26 heavy (non-hydrogen) atoms. The first-order chi connectivity index (χ1) is 12.4.